The zero-order chi connectivity index (χ0) is 17.8. The summed E-state index contributed by atoms with van der Waals surface area (Å²) in [5, 5.41) is 20.5. The summed E-state index contributed by atoms with van der Waals surface area (Å²) < 4.78 is 5.43. The van der Waals surface area contributed by atoms with Crippen molar-refractivity contribution in [3.8, 4) is 17.4 Å². The molecule has 2 aromatic carbocycles. The van der Waals surface area contributed by atoms with Gasteiger partial charge in [-0.15, -0.1) is 0 Å². The van der Waals surface area contributed by atoms with Crippen molar-refractivity contribution in [3.05, 3.63) is 71.7 Å². The van der Waals surface area contributed by atoms with E-state index in [0.29, 0.717) is 5.76 Å². The molecule has 0 saturated carbocycles. The van der Waals surface area contributed by atoms with Crippen LogP contribution in [0.3, 0.4) is 0 Å². The lowest BCUT2D eigenvalue weighted by Crippen LogP contribution is -2.15. The lowest BCUT2D eigenvalue weighted by Gasteiger charge is -2.07. The molecule has 0 aliphatic heterocycles. The van der Waals surface area contributed by atoms with Gasteiger partial charge in [-0.3, -0.25) is 4.79 Å². The number of nitrogens with one attached hydrogen (secondary N) is 1. The van der Waals surface area contributed by atoms with Gasteiger partial charge in [-0.1, -0.05) is 30.3 Å². The van der Waals surface area contributed by atoms with Crippen LogP contribution in [0, 0.1) is 11.3 Å². The van der Waals surface area contributed by atoms with Crippen LogP contribution in [0.1, 0.15) is 26.6 Å². The second-order valence-corrected chi connectivity index (χ2v) is 5.03. The van der Waals surface area contributed by atoms with Crippen LogP contribution in [0.2, 0.25) is 0 Å². The summed E-state index contributed by atoms with van der Waals surface area (Å²) in [6, 6.07) is 14.9. The Bertz CT molecular complexity index is 987. The summed E-state index contributed by atoms with van der Waals surface area (Å²) in [7, 11) is 0. The number of carbonyl (C=O) groups is 2. The summed E-state index contributed by atoms with van der Waals surface area (Å²) in [6.45, 7) is 0. The fraction of sp³-hybridized carbons (Fsp3) is 0. The van der Waals surface area contributed by atoms with Crippen molar-refractivity contribution < 1.29 is 19.1 Å². The molecule has 2 N–H and O–H groups in total. The molecule has 0 bridgehead atoms. The molecule has 0 aliphatic carbocycles. The molecular weight excluding hydrogens is 322 g/mol. The highest BCUT2D eigenvalue weighted by Crippen LogP contribution is 2.22. The molecule has 0 saturated heterocycles. The number of nitriles is 1. The lowest BCUT2D eigenvalue weighted by atomic mass is 10.1. The SMILES string of the molecule is N#Cc1ccc(NC(=O)c2ncc(-c3ccccc3)o2)c(C(=O)O)c1. The third-order valence-corrected chi connectivity index (χ3v) is 3.39. The van der Waals surface area contributed by atoms with E-state index in [1.54, 1.807) is 0 Å². The van der Waals surface area contributed by atoms with Gasteiger partial charge >= 0.3 is 11.9 Å². The van der Waals surface area contributed by atoms with E-state index >= 15 is 0 Å². The van der Waals surface area contributed by atoms with Crippen molar-refractivity contribution in [2.24, 2.45) is 0 Å². The monoisotopic (exact) mass is 333 g/mol. The van der Waals surface area contributed by atoms with E-state index in [1.165, 1.54) is 24.4 Å². The zero-order valence-corrected chi connectivity index (χ0v) is 12.8. The molecule has 7 nitrogen and oxygen atoms in total. The van der Waals surface area contributed by atoms with Gasteiger partial charge in [0.2, 0.25) is 0 Å². The number of hydrogen-bond acceptors (Lipinski definition) is 5. The first-order valence-corrected chi connectivity index (χ1v) is 7.18. The fourth-order valence-electron chi connectivity index (χ4n) is 2.19. The number of aromatic carboxylic acids is 1. The molecule has 0 spiro atoms. The Labute approximate surface area is 142 Å². The number of benzene rings is 2. The fourth-order valence-corrected chi connectivity index (χ4v) is 2.19. The predicted octanol–water partition coefficient (Wildman–Crippen LogP) is 3.16. The van der Waals surface area contributed by atoms with Gasteiger partial charge in [0.1, 0.15) is 0 Å². The summed E-state index contributed by atoms with van der Waals surface area (Å²) in [4.78, 5) is 27.5. The van der Waals surface area contributed by atoms with E-state index in [0.717, 1.165) is 5.56 Å². The minimum atomic E-state index is -1.26. The Morgan fingerprint density at radius 3 is 2.60 bits per heavy atom. The Morgan fingerprint density at radius 2 is 1.92 bits per heavy atom. The highest BCUT2D eigenvalue weighted by atomic mass is 16.4. The normalized spacial score (nSPS) is 10.0. The van der Waals surface area contributed by atoms with E-state index in [1.807, 2.05) is 36.4 Å². The number of hydrogen-bond donors (Lipinski definition) is 2. The van der Waals surface area contributed by atoms with Crippen LogP contribution in [0.25, 0.3) is 11.3 Å². The van der Waals surface area contributed by atoms with Crippen LogP contribution in [0.15, 0.2) is 59.1 Å². The van der Waals surface area contributed by atoms with Gasteiger partial charge < -0.3 is 14.8 Å². The molecule has 7 heteroatoms. The number of rotatable bonds is 4. The van der Waals surface area contributed by atoms with Gasteiger partial charge in [0.25, 0.3) is 5.89 Å². The van der Waals surface area contributed by atoms with Crippen molar-refractivity contribution in [1.29, 1.82) is 5.26 Å². The van der Waals surface area contributed by atoms with Crippen LogP contribution < -0.4 is 5.32 Å². The number of carboxylic acids is 1. The largest absolute Gasteiger partial charge is 0.478 e. The van der Waals surface area contributed by atoms with E-state index in [-0.39, 0.29) is 22.7 Å². The number of carboxylic acid groups (broad SMARTS) is 1. The first kappa shape index (κ1) is 16.0. The van der Waals surface area contributed by atoms with Crippen molar-refractivity contribution in [1.82, 2.24) is 4.98 Å². The molecule has 25 heavy (non-hydrogen) atoms. The topological polar surface area (TPSA) is 116 Å². The van der Waals surface area contributed by atoms with E-state index in [4.69, 9.17) is 9.68 Å². The number of nitrogens with zero attached hydrogens (tertiary/aromatic N) is 2. The van der Waals surface area contributed by atoms with E-state index < -0.39 is 11.9 Å². The highest BCUT2D eigenvalue weighted by Gasteiger charge is 2.18. The molecule has 0 atom stereocenters. The van der Waals surface area contributed by atoms with Crippen LogP contribution in [-0.4, -0.2) is 22.0 Å². The third kappa shape index (κ3) is 3.38. The molecule has 1 amide bonds. The molecule has 0 unspecified atom stereocenters. The first-order chi connectivity index (χ1) is 12.1. The molecule has 1 heterocycles. The minimum absolute atomic E-state index is 0.0518. The van der Waals surface area contributed by atoms with Gasteiger partial charge in [-0.05, 0) is 18.2 Å². The molecule has 0 fully saturated rings. The quantitative estimate of drug-likeness (QED) is 0.757. The average molecular weight is 333 g/mol. The third-order valence-electron chi connectivity index (χ3n) is 3.39. The Hall–Kier alpha value is -3.92. The summed E-state index contributed by atoms with van der Waals surface area (Å²) >= 11 is 0. The smallest absolute Gasteiger partial charge is 0.337 e. The maximum atomic E-state index is 12.3. The van der Waals surface area contributed by atoms with Crippen LogP contribution in [0.5, 0.6) is 0 Å². The van der Waals surface area contributed by atoms with Gasteiger partial charge in [-0.25, -0.2) is 9.78 Å². The van der Waals surface area contributed by atoms with Gasteiger partial charge in [-0.2, -0.15) is 5.26 Å². The van der Waals surface area contributed by atoms with Gasteiger partial charge in [0.05, 0.1) is 29.1 Å². The number of amides is 1. The number of anilines is 1. The maximum absolute atomic E-state index is 12.3. The average Bonchev–Trinajstić information content (AvgIpc) is 3.13. The number of oxazole rings is 1. The number of aromatic nitrogens is 1. The summed E-state index contributed by atoms with van der Waals surface area (Å²) in [5.74, 6) is -1.72. The van der Waals surface area contributed by atoms with Crippen molar-refractivity contribution in [2.75, 3.05) is 5.32 Å². The Morgan fingerprint density at radius 1 is 1.16 bits per heavy atom. The highest BCUT2D eigenvalue weighted by molar-refractivity contribution is 6.05. The van der Waals surface area contributed by atoms with Crippen molar-refractivity contribution in [3.63, 3.8) is 0 Å². The second kappa shape index (κ2) is 6.68. The molecule has 3 rings (SSSR count). The first-order valence-electron chi connectivity index (χ1n) is 7.18. The molecule has 0 radical (unpaired) electrons. The van der Waals surface area contributed by atoms with Crippen LogP contribution >= 0.6 is 0 Å². The molecule has 3 aromatic rings. The number of carbonyl (C=O) groups excluding carboxylic acids is 1. The van der Waals surface area contributed by atoms with Crippen LogP contribution in [0.4, 0.5) is 5.69 Å². The maximum Gasteiger partial charge on any atom is 0.337 e. The molecule has 0 aliphatic rings. The molecule has 122 valence electrons. The second-order valence-electron chi connectivity index (χ2n) is 5.03. The summed E-state index contributed by atoms with van der Waals surface area (Å²) in [5.41, 5.74) is 0.801. The van der Waals surface area contributed by atoms with Crippen molar-refractivity contribution in [2.45, 2.75) is 0 Å². The Kier molecular flexibility index (Phi) is 4.26. The minimum Gasteiger partial charge on any atom is -0.478 e. The lowest BCUT2D eigenvalue weighted by molar-refractivity contribution is 0.0698. The predicted molar refractivity (Wildman–Crippen MR) is 88.0 cm³/mol. The zero-order valence-electron chi connectivity index (χ0n) is 12.8. The standard InChI is InChI=1S/C18H11N3O4/c19-9-11-6-7-14(13(8-11)18(23)24)21-16(22)17-20-10-15(25-17)12-4-2-1-3-5-12/h1-8,10H,(H,21,22)(H,23,24). The van der Waals surface area contributed by atoms with E-state index in [9.17, 15) is 14.7 Å². The van der Waals surface area contributed by atoms with Gasteiger partial charge in [0, 0.05) is 5.56 Å². The van der Waals surface area contributed by atoms with Crippen LogP contribution in [-0.2, 0) is 0 Å². The summed E-state index contributed by atoms with van der Waals surface area (Å²) in [6.07, 6.45) is 1.42. The van der Waals surface area contributed by atoms with E-state index in [2.05, 4.69) is 10.3 Å². The molecular formula is C18H11N3O4. The Balaban J connectivity index is 1.85. The van der Waals surface area contributed by atoms with Crippen molar-refractivity contribution >= 4 is 17.6 Å². The van der Waals surface area contributed by atoms with Gasteiger partial charge in [0.15, 0.2) is 5.76 Å². The molecule has 1 aromatic heterocycles.